The number of nitrogens with two attached hydrogens (primary N) is 1. The molecule has 0 radical (unpaired) electrons. The van der Waals surface area contributed by atoms with Crippen LogP contribution >= 0.6 is 15.9 Å². The van der Waals surface area contributed by atoms with Gasteiger partial charge in [-0.05, 0) is 37.6 Å². The number of aromatic nitrogens is 3. The van der Waals surface area contributed by atoms with Crippen LogP contribution in [-0.4, -0.2) is 15.0 Å². The van der Waals surface area contributed by atoms with Crippen molar-refractivity contribution in [2.75, 3.05) is 0 Å². The molecule has 4 nitrogen and oxygen atoms in total. The molecule has 0 amide bonds. The second-order valence-corrected chi connectivity index (χ2v) is 4.53. The van der Waals surface area contributed by atoms with Crippen molar-refractivity contribution >= 4 is 15.9 Å². The monoisotopic (exact) mass is 280 g/mol. The first kappa shape index (κ1) is 11.3. The number of hydrogen-bond donors (Lipinski definition) is 1. The predicted molar refractivity (Wildman–Crippen MR) is 66.4 cm³/mol. The van der Waals surface area contributed by atoms with Gasteiger partial charge in [-0.1, -0.05) is 21.1 Å². The Balaban J connectivity index is 2.50. The van der Waals surface area contributed by atoms with Crippen molar-refractivity contribution in [3.63, 3.8) is 0 Å². The molecule has 0 aliphatic heterocycles. The zero-order chi connectivity index (χ0) is 11.7. The van der Waals surface area contributed by atoms with Gasteiger partial charge in [-0.2, -0.15) is 0 Å². The van der Waals surface area contributed by atoms with Crippen LogP contribution in [0.25, 0.3) is 5.69 Å². The Morgan fingerprint density at radius 2 is 2.12 bits per heavy atom. The molecule has 0 bridgehead atoms. The SMILES string of the molecule is Cc1cc(-n2nnc(CN)c2C)ccc1Br. The highest BCUT2D eigenvalue weighted by atomic mass is 79.9. The number of aryl methyl sites for hydroxylation is 1. The van der Waals surface area contributed by atoms with Gasteiger partial charge in [0.05, 0.1) is 17.1 Å². The first-order valence-electron chi connectivity index (χ1n) is 5.01. The van der Waals surface area contributed by atoms with Gasteiger partial charge in [0, 0.05) is 11.0 Å². The lowest BCUT2D eigenvalue weighted by atomic mass is 10.2. The van der Waals surface area contributed by atoms with Gasteiger partial charge in [-0.15, -0.1) is 5.10 Å². The molecule has 1 heterocycles. The summed E-state index contributed by atoms with van der Waals surface area (Å²) in [4.78, 5) is 0. The Kier molecular flexibility index (Phi) is 3.07. The fraction of sp³-hybridized carbons (Fsp3) is 0.273. The summed E-state index contributed by atoms with van der Waals surface area (Å²) in [6.45, 7) is 4.44. The maximum Gasteiger partial charge on any atom is 0.0996 e. The van der Waals surface area contributed by atoms with E-state index in [1.807, 2.05) is 30.7 Å². The zero-order valence-electron chi connectivity index (χ0n) is 9.24. The van der Waals surface area contributed by atoms with Crippen molar-refractivity contribution in [2.45, 2.75) is 20.4 Å². The minimum atomic E-state index is 0.418. The van der Waals surface area contributed by atoms with Crippen LogP contribution in [0.1, 0.15) is 17.0 Å². The third-order valence-corrected chi connectivity index (χ3v) is 3.46. The van der Waals surface area contributed by atoms with E-state index in [1.165, 1.54) is 5.56 Å². The van der Waals surface area contributed by atoms with Crippen LogP contribution in [0.2, 0.25) is 0 Å². The molecule has 0 saturated heterocycles. The molecule has 16 heavy (non-hydrogen) atoms. The normalized spacial score (nSPS) is 10.8. The molecule has 2 rings (SSSR count). The summed E-state index contributed by atoms with van der Waals surface area (Å²) in [6.07, 6.45) is 0. The number of halogens is 1. The van der Waals surface area contributed by atoms with Crippen LogP contribution < -0.4 is 5.73 Å². The number of benzene rings is 1. The summed E-state index contributed by atoms with van der Waals surface area (Å²) in [5.41, 5.74) is 9.57. The van der Waals surface area contributed by atoms with Crippen molar-refractivity contribution in [3.05, 3.63) is 39.6 Å². The Labute approximate surface area is 103 Å². The Bertz CT molecular complexity index is 519. The van der Waals surface area contributed by atoms with Gasteiger partial charge >= 0.3 is 0 Å². The molecule has 1 aromatic carbocycles. The van der Waals surface area contributed by atoms with E-state index in [4.69, 9.17) is 5.73 Å². The molecule has 0 aliphatic carbocycles. The molecule has 0 aliphatic rings. The van der Waals surface area contributed by atoms with E-state index < -0.39 is 0 Å². The van der Waals surface area contributed by atoms with Gasteiger partial charge in [0.15, 0.2) is 0 Å². The lowest BCUT2D eigenvalue weighted by Gasteiger charge is -2.05. The van der Waals surface area contributed by atoms with Crippen LogP contribution in [0.15, 0.2) is 22.7 Å². The molecular formula is C11H13BrN4. The molecule has 0 unspecified atom stereocenters. The molecule has 2 N–H and O–H groups in total. The van der Waals surface area contributed by atoms with Crippen molar-refractivity contribution in [1.29, 1.82) is 0 Å². The third-order valence-electron chi connectivity index (χ3n) is 2.57. The van der Waals surface area contributed by atoms with Crippen molar-refractivity contribution in [3.8, 4) is 5.69 Å². The average Bonchev–Trinajstić information content (AvgIpc) is 2.64. The van der Waals surface area contributed by atoms with E-state index in [0.29, 0.717) is 6.54 Å². The molecular weight excluding hydrogens is 268 g/mol. The van der Waals surface area contributed by atoms with Crippen LogP contribution in [0, 0.1) is 13.8 Å². The van der Waals surface area contributed by atoms with Crippen LogP contribution in [0.5, 0.6) is 0 Å². The number of rotatable bonds is 2. The third kappa shape index (κ3) is 1.88. The standard InChI is InChI=1S/C11H13BrN4/c1-7-5-9(3-4-10(7)12)16-8(2)11(6-13)14-15-16/h3-5H,6,13H2,1-2H3. The second kappa shape index (κ2) is 4.35. The van der Waals surface area contributed by atoms with Gasteiger partial charge in [0.2, 0.25) is 0 Å². The lowest BCUT2D eigenvalue weighted by molar-refractivity contribution is 0.782. The fourth-order valence-corrected chi connectivity index (χ4v) is 1.80. The van der Waals surface area contributed by atoms with Crippen LogP contribution in [0.4, 0.5) is 0 Å². The molecule has 0 saturated carbocycles. The predicted octanol–water partition coefficient (Wildman–Crippen LogP) is 2.11. The first-order chi connectivity index (χ1) is 7.63. The van der Waals surface area contributed by atoms with E-state index in [9.17, 15) is 0 Å². The van der Waals surface area contributed by atoms with E-state index in [-0.39, 0.29) is 0 Å². The van der Waals surface area contributed by atoms with Crippen molar-refractivity contribution in [2.24, 2.45) is 5.73 Å². The first-order valence-corrected chi connectivity index (χ1v) is 5.80. The molecule has 2 aromatic rings. The van der Waals surface area contributed by atoms with E-state index in [1.54, 1.807) is 0 Å². The van der Waals surface area contributed by atoms with Crippen LogP contribution in [-0.2, 0) is 6.54 Å². The number of hydrogen-bond acceptors (Lipinski definition) is 3. The van der Waals surface area contributed by atoms with E-state index >= 15 is 0 Å². The van der Waals surface area contributed by atoms with Gasteiger partial charge in [0.1, 0.15) is 0 Å². The molecule has 84 valence electrons. The van der Waals surface area contributed by atoms with Gasteiger partial charge in [-0.25, -0.2) is 4.68 Å². The zero-order valence-corrected chi connectivity index (χ0v) is 10.8. The highest BCUT2D eigenvalue weighted by molar-refractivity contribution is 9.10. The minimum Gasteiger partial charge on any atom is -0.325 e. The Hall–Kier alpha value is -1.20. The summed E-state index contributed by atoms with van der Waals surface area (Å²) < 4.78 is 2.90. The smallest absolute Gasteiger partial charge is 0.0996 e. The van der Waals surface area contributed by atoms with Crippen LogP contribution in [0.3, 0.4) is 0 Å². The largest absolute Gasteiger partial charge is 0.325 e. The summed E-state index contributed by atoms with van der Waals surface area (Å²) in [5.74, 6) is 0. The Morgan fingerprint density at radius 1 is 1.38 bits per heavy atom. The topological polar surface area (TPSA) is 56.7 Å². The quantitative estimate of drug-likeness (QED) is 0.917. The maximum atomic E-state index is 5.57. The maximum absolute atomic E-state index is 5.57. The summed E-state index contributed by atoms with van der Waals surface area (Å²) in [7, 11) is 0. The van der Waals surface area contributed by atoms with Gasteiger partial charge in [0.25, 0.3) is 0 Å². The highest BCUT2D eigenvalue weighted by Gasteiger charge is 2.08. The number of nitrogens with zero attached hydrogens (tertiary/aromatic N) is 3. The van der Waals surface area contributed by atoms with Crippen molar-refractivity contribution in [1.82, 2.24) is 15.0 Å². The summed E-state index contributed by atoms with van der Waals surface area (Å²) in [5, 5.41) is 8.14. The van der Waals surface area contributed by atoms with Gasteiger partial charge < -0.3 is 5.73 Å². The van der Waals surface area contributed by atoms with Crippen molar-refractivity contribution < 1.29 is 0 Å². The molecule has 0 fully saturated rings. The lowest BCUT2D eigenvalue weighted by Crippen LogP contribution is -2.02. The fourth-order valence-electron chi connectivity index (χ4n) is 1.55. The highest BCUT2D eigenvalue weighted by Crippen LogP contribution is 2.20. The molecule has 1 aromatic heterocycles. The summed E-state index contributed by atoms with van der Waals surface area (Å²) in [6, 6.07) is 6.07. The summed E-state index contributed by atoms with van der Waals surface area (Å²) >= 11 is 3.47. The average molecular weight is 281 g/mol. The molecule has 5 heteroatoms. The minimum absolute atomic E-state index is 0.418. The van der Waals surface area contributed by atoms with Gasteiger partial charge in [-0.3, -0.25) is 0 Å². The Morgan fingerprint density at radius 3 is 2.69 bits per heavy atom. The molecule has 0 atom stereocenters. The molecule has 0 spiro atoms. The van der Waals surface area contributed by atoms with E-state index in [2.05, 4.69) is 32.3 Å². The second-order valence-electron chi connectivity index (χ2n) is 3.67. The van der Waals surface area contributed by atoms with E-state index in [0.717, 1.165) is 21.5 Å².